The largest absolute Gasteiger partial charge is 0.493 e. The van der Waals surface area contributed by atoms with Crippen LogP contribution in [0.1, 0.15) is 12.0 Å². The topological polar surface area (TPSA) is 106 Å². The maximum Gasteiger partial charge on any atom is 0.340 e. The Hall–Kier alpha value is -4.74. The molecule has 2 heterocycles. The number of piperazine rings is 1. The normalized spacial score (nSPS) is 14.2. The standard InChI is InChI=1S/C32H35FN6O4/c1-37-14-16-38(17-15-37)13-6-18-42-31-21-27-25(20-30(31)41-2)28(11-12-35-27)43-29-10-9-23(19-26(29)33)22-36-39(32(34)40)24-7-4-3-5-8-24/h3-5,7-12,19-22H,6,13-18H2,1-2H3,(H2,34,40)/b36-22+. The second kappa shape index (κ2) is 14.0. The van der Waals surface area contributed by atoms with E-state index in [0.717, 1.165) is 44.2 Å². The number of anilines is 1. The summed E-state index contributed by atoms with van der Waals surface area (Å²) in [4.78, 5) is 21.1. The molecule has 0 bridgehead atoms. The van der Waals surface area contributed by atoms with E-state index in [1.807, 2.05) is 12.1 Å². The van der Waals surface area contributed by atoms with Crippen molar-refractivity contribution in [3.05, 3.63) is 84.3 Å². The number of hydrogen-bond donors (Lipinski definition) is 1. The average Bonchev–Trinajstić information content (AvgIpc) is 3.01. The number of hydrogen-bond acceptors (Lipinski definition) is 8. The molecule has 1 fully saturated rings. The molecule has 43 heavy (non-hydrogen) atoms. The number of ether oxygens (including phenoxy) is 3. The quantitative estimate of drug-likeness (QED) is 0.148. The summed E-state index contributed by atoms with van der Waals surface area (Å²) >= 11 is 0. The number of fused-ring (bicyclic) bond motifs is 1. The Balaban J connectivity index is 1.27. The molecule has 1 saturated heterocycles. The third-order valence-corrected chi connectivity index (χ3v) is 7.17. The molecule has 11 heteroatoms. The molecule has 2 N–H and O–H groups in total. The van der Waals surface area contributed by atoms with Crippen LogP contribution >= 0.6 is 0 Å². The SMILES string of the molecule is COc1cc2c(Oc3ccc(/C=N/N(C(N)=O)c4ccccc4)cc3F)ccnc2cc1OCCCN1CCN(C)CC1. The van der Waals surface area contributed by atoms with E-state index in [1.54, 1.807) is 55.8 Å². The number of hydrazone groups is 1. The van der Waals surface area contributed by atoms with Crippen LogP contribution in [0.5, 0.6) is 23.0 Å². The molecule has 1 aliphatic rings. The van der Waals surface area contributed by atoms with E-state index in [0.29, 0.717) is 46.0 Å². The van der Waals surface area contributed by atoms with Gasteiger partial charge in [-0.3, -0.25) is 4.98 Å². The summed E-state index contributed by atoms with van der Waals surface area (Å²) in [6.07, 6.45) is 3.85. The fraction of sp³-hybridized carbons (Fsp3) is 0.281. The number of primary amides is 1. The molecule has 0 spiro atoms. The lowest BCUT2D eigenvalue weighted by molar-refractivity contribution is 0.145. The zero-order valence-corrected chi connectivity index (χ0v) is 24.3. The molecule has 0 saturated carbocycles. The molecule has 0 atom stereocenters. The second-order valence-electron chi connectivity index (χ2n) is 10.2. The van der Waals surface area contributed by atoms with Crippen molar-refractivity contribution < 1.29 is 23.4 Å². The van der Waals surface area contributed by atoms with Crippen LogP contribution in [0.3, 0.4) is 0 Å². The van der Waals surface area contributed by atoms with E-state index < -0.39 is 11.8 Å². The molecule has 2 amide bonds. The van der Waals surface area contributed by atoms with Crippen molar-refractivity contribution in [2.75, 3.05) is 58.5 Å². The van der Waals surface area contributed by atoms with Crippen LogP contribution in [0.15, 0.2) is 78.0 Å². The molecule has 0 unspecified atom stereocenters. The summed E-state index contributed by atoms with van der Waals surface area (Å²) in [5.41, 5.74) is 7.00. The molecule has 10 nitrogen and oxygen atoms in total. The Labute approximate surface area is 250 Å². The number of carbonyl (C=O) groups is 1. The van der Waals surface area contributed by atoms with E-state index >= 15 is 4.39 Å². The van der Waals surface area contributed by atoms with Gasteiger partial charge in [-0.05, 0) is 61.5 Å². The fourth-order valence-electron chi connectivity index (χ4n) is 4.77. The van der Waals surface area contributed by atoms with Crippen molar-refractivity contribution >= 4 is 28.8 Å². The van der Waals surface area contributed by atoms with Crippen LogP contribution in [0.2, 0.25) is 0 Å². The molecular formula is C32H35FN6O4. The maximum absolute atomic E-state index is 15.1. The molecule has 1 aromatic heterocycles. The Morgan fingerprint density at radius 1 is 1.02 bits per heavy atom. The summed E-state index contributed by atoms with van der Waals surface area (Å²) in [7, 11) is 3.72. The van der Waals surface area contributed by atoms with E-state index in [1.165, 1.54) is 18.3 Å². The van der Waals surface area contributed by atoms with Crippen molar-refractivity contribution in [3.63, 3.8) is 0 Å². The first-order valence-corrected chi connectivity index (χ1v) is 14.1. The molecule has 4 aromatic rings. The van der Waals surface area contributed by atoms with Gasteiger partial charge >= 0.3 is 6.03 Å². The minimum absolute atomic E-state index is 0.0164. The number of benzene rings is 3. The minimum Gasteiger partial charge on any atom is -0.493 e. The Bertz CT molecular complexity index is 1580. The number of likely N-dealkylation sites (N-methyl/N-ethyl adjacent to an activating group) is 1. The Morgan fingerprint density at radius 2 is 1.81 bits per heavy atom. The maximum atomic E-state index is 15.1. The number of rotatable bonds is 11. The average molecular weight is 587 g/mol. The van der Waals surface area contributed by atoms with Crippen molar-refractivity contribution in [1.82, 2.24) is 14.8 Å². The number of carbonyl (C=O) groups excluding carboxylic acids is 1. The first-order chi connectivity index (χ1) is 20.9. The molecule has 5 rings (SSSR count). The van der Waals surface area contributed by atoms with Gasteiger partial charge in [0.2, 0.25) is 0 Å². The monoisotopic (exact) mass is 586 g/mol. The lowest BCUT2D eigenvalue weighted by atomic mass is 10.1. The second-order valence-corrected chi connectivity index (χ2v) is 10.2. The highest BCUT2D eigenvalue weighted by atomic mass is 19.1. The predicted octanol–water partition coefficient (Wildman–Crippen LogP) is 5.11. The number of aromatic nitrogens is 1. The van der Waals surface area contributed by atoms with Gasteiger partial charge in [0.25, 0.3) is 0 Å². The number of urea groups is 1. The lowest BCUT2D eigenvalue weighted by Gasteiger charge is -2.32. The van der Waals surface area contributed by atoms with Crippen LogP contribution in [0.25, 0.3) is 10.9 Å². The summed E-state index contributed by atoms with van der Waals surface area (Å²) in [5, 5.41) is 5.81. The number of nitrogens with two attached hydrogens (primary N) is 1. The number of methoxy groups -OCH3 is 1. The smallest absolute Gasteiger partial charge is 0.340 e. The Morgan fingerprint density at radius 3 is 2.53 bits per heavy atom. The molecule has 3 aromatic carbocycles. The van der Waals surface area contributed by atoms with Gasteiger partial charge in [-0.15, -0.1) is 0 Å². The third-order valence-electron chi connectivity index (χ3n) is 7.17. The third kappa shape index (κ3) is 7.56. The minimum atomic E-state index is -0.762. The van der Waals surface area contributed by atoms with Crippen molar-refractivity contribution in [1.29, 1.82) is 0 Å². The summed E-state index contributed by atoms with van der Waals surface area (Å²) in [6, 6.07) is 17.6. The number of amides is 2. The fourth-order valence-corrected chi connectivity index (χ4v) is 4.77. The van der Waals surface area contributed by atoms with E-state index in [-0.39, 0.29) is 5.75 Å². The summed E-state index contributed by atoms with van der Waals surface area (Å²) in [6.45, 7) is 5.84. The molecule has 0 radical (unpaired) electrons. The van der Waals surface area contributed by atoms with E-state index in [4.69, 9.17) is 19.9 Å². The van der Waals surface area contributed by atoms with Gasteiger partial charge in [-0.2, -0.15) is 10.1 Å². The zero-order valence-electron chi connectivity index (χ0n) is 24.3. The molecule has 224 valence electrons. The lowest BCUT2D eigenvalue weighted by Crippen LogP contribution is -2.44. The van der Waals surface area contributed by atoms with Gasteiger partial charge < -0.3 is 29.7 Å². The molecular weight excluding hydrogens is 551 g/mol. The van der Waals surface area contributed by atoms with Gasteiger partial charge in [0.15, 0.2) is 23.1 Å². The first-order valence-electron chi connectivity index (χ1n) is 14.1. The van der Waals surface area contributed by atoms with Crippen LogP contribution in [0, 0.1) is 5.82 Å². The highest BCUT2D eigenvalue weighted by Gasteiger charge is 2.16. The highest BCUT2D eigenvalue weighted by Crippen LogP contribution is 2.37. The molecule has 1 aliphatic heterocycles. The summed E-state index contributed by atoms with van der Waals surface area (Å²) in [5.74, 6) is 0.950. The van der Waals surface area contributed by atoms with Gasteiger partial charge in [0.1, 0.15) is 5.75 Å². The summed E-state index contributed by atoms with van der Waals surface area (Å²) < 4.78 is 32.8. The first kappa shape index (κ1) is 29.7. The Kier molecular flexibility index (Phi) is 9.65. The number of pyridine rings is 1. The van der Waals surface area contributed by atoms with Gasteiger partial charge in [-0.1, -0.05) is 18.2 Å². The highest BCUT2D eigenvalue weighted by molar-refractivity contribution is 5.93. The molecule has 0 aliphatic carbocycles. The van der Waals surface area contributed by atoms with Crippen molar-refractivity contribution in [2.45, 2.75) is 6.42 Å². The van der Waals surface area contributed by atoms with Crippen molar-refractivity contribution in [2.24, 2.45) is 10.8 Å². The van der Waals surface area contributed by atoms with Gasteiger partial charge in [-0.25, -0.2) is 9.18 Å². The van der Waals surface area contributed by atoms with Gasteiger partial charge in [0, 0.05) is 50.4 Å². The van der Waals surface area contributed by atoms with Crippen LogP contribution in [0.4, 0.5) is 14.9 Å². The van der Waals surface area contributed by atoms with Crippen molar-refractivity contribution in [3.8, 4) is 23.0 Å². The van der Waals surface area contributed by atoms with Crippen LogP contribution in [-0.4, -0.2) is 80.5 Å². The number of halogens is 1. The predicted molar refractivity (Wildman–Crippen MR) is 165 cm³/mol. The number of nitrogens with zero attached hydrogens (tertiary/aromatic N) is 5. The van der Waals surface area contributed by atoms with Gasteiger partial charge in [0.05, 0.1) is 31.1 Å². The zero-order chi connectivity index (χ0) is 30.2. The van der Waals surface area contributed by atoms with E-state index in [2.05, 4.69) is 26.9 Å². The van der Waals surface area contributed by atoms with E-state index in [9.17, 15) is 4.79 Å². The van der Waals surface area contributed by atoms with Crippen LogP contribution in [-0.2, 0) is 0 Å². The number of para-hydroxylation sites is 1. The van der Waals surface area contributed by atoms with Crippen LogP contribution < -0.4 is 25.0 Å².